The van der Waals surface area contributed by atoms with E-state index in [9.17, 15) is 24.5 Å². The van der Waals surface area contributed by atoms with Gasteiger partial charge in [-0.25, -0.2) is 4.98 Å². The van der Waals surface area contributed by atoms with Crippen LogP contribution in [0.1, 0.15) is 55.2 Å². The number of primary amides is 2. The molecule has 0 bridgehead atoms. The van der Waals surface area contributed by atoms with Gasteiger partial charge in [-0.2, -0.15) is 5.10 Å². The lowest BCUT2D eigenvalue weighted by molar-refractivity contribution is -0.383. The van der Waals surface area contributed by atoms with Crippen LogP contribution in [0.3, 0.4) is 0 Å². The number of nitrogens with one attached hydrogen (secondary N) is 1. The van der Waals surface area contributed by atoms with Crippen molar-refractivity contribution in [2.75, 3.05) is 11.9 Å². The Morgan fingerprint density at radius 3 is 2.57 bits per heavy atom. The highest BCUT2D eigenvalue weighted by molar-refractivity contribution is 6.10. The van der Waals surface area contributed by atoms with Gasteiger partial charge in [0.05, 0.1) is 39.9 Å². The maximum absolute atomic E-state index is 13.4. The molecular weight excluding hydrogens is 568 g/mol. The summed E-state index contributed by atoms with van der Waals surface area (Å²) in [5, 5.41) is 19.5. The van der Waals surface area contributed by atoms with E-state index in [-0.39, 0.29) is 41.3 Å². The Labute approximate surface area is 250 Å². The van der Waals surface area contributed by atoms with Crippen LogP contribution in [0.15, 0.2) is 53.2 Å². The summed E-state index contributed by atoms with van der Waals surface area (Å²) in [4.78, 5) is 53.0. The second-order valence-electron chi connectivity index (χ2n) is 10.2. The molecule has 2 amide bonds. The summed E-state index contributed by atoms with van der Waals surface area (Å²) >= 11 is 0. The number of nitro groups is 1. The van der Waals surface area contributed by atoms with Crippen LogP contribution in [0.5, 0.6) is 0 Å². The van der Waals surface area contributed by atoms with Crippen molar-refractivity contribution in [3.8, 4) is 0 Å². The molecule has 5 N–H and O–H groups in total. The molecule has 5 rings (SSSR count). The van der Waals surface area contributed by atoms with Crippen LogP contribution in [-0.2, 0) is 19.5 Å². The van der Waals surface area contributed by atoms with Gasteiger partial charge >= 0.3 is 0 Å². The molecule has 0 fully saturated rings. The van der Waals surface area contributed by atoms with Gasteiger partial charge in [-0.05, 0) is 50.6 Å². The summed E-state index contributed by atoms with van der Waals surface area (Å²) in [7, 11) is 0. The molecule has 0 aliphatic heterocycles. The van der Waals surface area contributed by atoms with Crippen LogP contribution in [0, 0.1) is 24.0 Å². The van der Waals surface area contributed by atoms with Gasteiger partial charge in [-0.1, -0.05) is 12.2 Å². The van der Waals surface area contributed by atoms with E-state index in [2.05, 4.69) is 10.4 Å². The van der Waals surface area contributed by atoms with Crippen LogP contribution in [0.4, 0.5) is 11.4 Å². The maximum Gasteiger partial charge on any atom is 0.297 e. The summed E-state index contributed by atoms with van der Waals surface area (Å²) in [5.74, 6) is -1.06. The minimum atomic E-state index is -0.805. The number of hydrogen-bond acceptors (Lipinski definition) is 9. The number of imidazole rings is 1. The van der Waals surface area contributed by atoms with Gasteiger partial charge in [-0.15, -0.1) is 0 Å². The van der Waals surface area contributed by atoms with Crippen LogP contribution in [-0.4, -0.2) is 48.4 Å². The molecule has 0 spiro atoms. The number of carbonyl (C=O) groups excluding carboxylic acids is 3. The maximum atomic E-state index is 13.4. The Kier molecular flexibility index (Phi) is 7.99. The summed E-state index contributed by atoms with van der Waals surface area (Å²) < 4.78 is 9.00. The topological polar surface area (TPSA) is 207 Å². The molecule has 226 valence electrons. The lowest BCUT2D eigenvalue weighted by Crippen LogP contribution is -2.15. The van der Waals surface area contributed by atoms with E-state index < -0.39 is 16.7 Å². The van der Waals surface area contributed by atoms with E-state index in [0.717, 1.165) is 22.8 Å². The number of fused-ring (bicyclic) bond motifs is 2. The molecule has 3 aromatic heterocycles. The van der Waals surface area contributed by atoms with E-state index in [0.29, 0.717) is 41.1 Å². The first-order valence-electron chi connectivity index (χ1n) is 13.7. The SMILES string of the molecule is CCn1nc(C)cc1C(=O)Cc1nc2cc(C(N)=O)cc(C)c2n1C/C=C/CNc1c([N+](=O)[O-])cc(C(N)=O)c2ccoc12. The van der Waals surface area contributed by atoms with E-state index in [1.54, 1.807) is 29.0 Å². The van der Waals surface area contributed by atoms with E-state index in [1.165, 1.54) is 12.3 Å². The van der Waals surface area contributed by atoms with E-state index >= 15 is 0 Å². The van der Waals surface area contributed by atoms with Crippen LogP contribution < -0.4 is 16.8 Å². The fourth-order valence-corrected chi connectivity index (χ4v) is 5.31. The number of aromatic nitrogens is 4. The molecule has 5 aromatic rings. The van der Waals surface area contributed by atoms with Gasteiger partial charge in [0.2, 0.25) is 11.8 Å². The average Bonchev–Trinajstić information content (AvgIpc) is 3.69. The lowest BCUT2D eigenvalue weighted by atomic mass is 10.1. The monoisotopic (exact) mass is 598 g/mol. The number of allylic oxidation sites excluding steroid dienone is 1. The van der Waals surface area contributed by atoms with Crippen molar-refractivity contribution in [1.29, 1.82) is 0 Å². The second kappa shape index (κ2) is 11.8. The number of amides is 2. The highest BCUT2D eigenvalue weighted by atomic mass is 16.6. The highest BCUT2D eigenvalue weighted by Gasteiger charge is 2.24. The first kappa shape index (κ1) is 29.7. The highest BCUT2D eigenvalue weighted by Crippen LogP contribution is 2.36. The first-order valence-corrected chi connectivity index (χ1v) is 13.7. The number of hydrogen-bond donors (Lipinski definition) is 3. The van der Waals surface area contributed by atoms with Crippen molar-refractivity contribution < 1.29 is 23.7 Å². The fourth-order valence-electron chi connectivity index (χ4n) is 5.31. The van der Waals surface area contributed by atoms with E-state index in [4.69, 9.17) is 20.9 Å². The second-order valence-corrected chi connectivity index (χ2v) is 10.2. The zero-order valence-corrected chi connectivity index (χ0v) is 24.3. The zero-order valence-electron chi connectivity index (χ0n) is 24.3. The molecule has 0 radical (unpaired) electrons. The third-order valence-electron chi connectivity index (χ3n) is 7.24. The Morgan fingerprint density at radius 2 is 1.89 bits per heavy atom. The molecule has 44 heavy (non-hydrogen) atoms. The number of nitrogens with two attached hydrogens (primary N) is 2. The molecule has 0 saturated carbocycles. The fraction of sp³-hybridized carbons (Fsp3) is 0.233. The van der Waals surface area contributed by atoms with Gasteiger partial charge in [0.1, 0.15) is 11.5 Å². The molecule has 2 aromatic carbocycles. The third kappa shape index (κ3) is 5.52. The quantitative estimate of drug-likeness (QED) is 0.0824. The normalized spacial score (nSPS) is 11.5. The van der Waals surface area contributed by atoms with Crippen molar-refractivity contribution in [1.82, 2.24) is 19.3 Å². The average molecular weight is 599 g/mol. The molecule has 0 aliphatic rings. The molecule has 0 saturated heterocycles. The summed E-state index contributed by atoms with van der Waals surface area (Å²) in [6.07, 6.45) is 4.91. The number of rotatable bonds is 12. The molecule has 14 nitrogen and oxygen atoms in total. The lowest BCUT2D eigenvalue weighted by Gasteiger charge is -2.10. The molecule has 0 aliphatic carbocycles. The Morgan fingerprint density at radius 1 is 1.11 bits per heavy atom. The summed E-state index contributed by atoms with van der Waals surface area (Å²) in [5.41, 5.74) is 14.4. The largest absolute Gasteiger partial charge is 0.462 e. The number of anilines is 1. The zero-order chi connectivity index (χ0) is 31.7. The van der Waals surface area contributed by atoms with Crippen molar-refractivity contribution in [3.63, 3.8) is 0 Å². The summed E-state index contributed by atoms with van der Waals surface area (Å²) in [6, 6.07) is 7.67. The number of nitro benzene ring substituents is 1. The molecule has 0 unspecified atom stereocenters. The molecule has 3 heterocycles. The van der Waals surface area contributed by atoms with E-state index in [1.807, 2.05) is 31.4 Å². The number of Topliss-reactive ketones (excluding diaryl/α,β-unsaturated/α-hetero) is 1. The van der Waals surface area contributed by atoms with Gasteiger partial charge in [-0.3, -0.25) is 29.2 Å². The smallest absolute Gasteiger partial charge is 0.297 e. The van der Waals surface area contributed by atoms with Gasteiger partial charge < -0.3 is 25.8 Å². The summed E-state index contributed by atoms with van der Waals surface area (Å²) in [6.45, 7) is 6.58. The van der Waals surface area contributed by atoms with Gasteiger partial charge in [0, 0.05) is 36.7 Å². The van der Waals surface area contributed by atoms with Gasteiger partial charge in [0.25, 0.3) is 5.69 Å². The minimum Gasteiger partial charge on any atom is -0.462 e. The predicted molar refractivity (Wildman–Crippen MR) is 163 cm³/mol. The standard InChI is InChI=1S/C30H30N8O6/c1-4-37-22(12-17(3)35-37)24(39)15-25-34-21-13-18(29(31)40)11-16(2)27(21)36(25)9-6-5-8-33-26-23(38(42)43)14-20(30(32)41)19-7-10-44-28(19)26/h5-7,10-14,33H,4,8-9,15H2,1-3H3,(H2,31,40)(H2,32,41)/b6-5+. The van der Waals surface area contributed by atoms with Crippen molar-refractivity contribution in [3.05, 3.63) is 92.8 Å². The minimum absolute atomic E-state index is 0.00781. The molecule has 0 atom stereocenters. The van der Waals surface area contributed by atoms with Crippen LogP contribution >= 0.6 is 0 Å². The molecular formula is C30H30N8O6. The Balaban J connectivity index is 1.44. The number of ketones is 1. The van der Waals surface area contributed by atoms with Crippen molar-refractivity contribution in [2.24, 2.45) is 11.5 Å². The van der Waals surface area contributed by atoms with Crippen LogP contribution in [0.25, 0.3) is 22.0 Å². The number of benzene rings is 2. The van der Waals surface area contributed by atoms with Gasteiger partial charge in [0.15, 0.2) is 17.1 Å². The third-order valence-corrected chi connectivity index (χ3v) is 7.24. The number of nitrogens with zero attached hydrogens (tertiary/aromatic N) is 5. The predicted octanol–water partition coefficient (Wildman–Crippen LogP) is 3.82. The van der Waals surface area contributed by atoms with Crippen molar-refractivity contribution >= 4 is 51.0 Å². The Hall–Kier alpha value is -5.79. The first-order chi connectivity index (χ1) is 21.0. The number of aryl methyl sites for hydroxylation is 3. The molecule has 14 heteroatoms. The number of carbonyl (C=O) groups is 3. The Bertz CT molecular complexity index is 2000. The van der Waals surface area contributed by atoms with Crippen molar-refractivity contribution in [2.45, 2.75) is 40.3 Å². The number of furan rings is 1. The van der Waals surface area contributed by atoms with Crippen LogP contribution in [0.2, 0.25) is 0 Å².